The number of nitrogens with one attached hydrogen (secondary N) is 1. The van der Waals surface area contributed by atoms with Crippen LogP contribution in [0.25, 0.3) is 0 Å². The Bertz CT molecular complexity index is 1090. The van der Waals surface area contributed by atoms with E-state index in [1.54, 1.807) is 24.0 Å². The summed E-state index contributed by atoms with van der Waals surface area (Å²) in [5, 5.41) is 2.75. The van der Waals surface area contributed by atoms with Gasteiger partial charge in [-0.1, -0.05) is 78.9 Å². The van der Waals surface area contributed by atoms with E-state index in [1.165, 1.54) is 0 Å². The number of rotatable bonds is 6. The van der Waals surface area contributed by atoms with E-state index in [2.05, 4.69) is 5.32 Å². The van der Waals surface area contributed by atoms with E-state index in [0.29, 0.717) is 17.8 Å². The highest BCUT2D eigenvalue weighted by molar-refractivity contribution is 6.10. The van der Waals surface area contributed by atoms with E-state index >= 15 is 0 Å². The Morgan fingerprint density at radius 1 is 0.871 bits per heavy atom. The van der Waals surface area contributed by atoms with Crippen LogP contribution in [0.1, 0.15) is 18.1 Å². The van der Waals surface area contributed by atoms with Crippen molar-refractivity contribution >= 4 is 23.5 Å². The second kappa shape index (κ2) is 8.44. The average Bonchev–Trinajstić information content (AvgIpc) is 3.03. The topological polar surface area (TPSA) is 69.7 Å². The largest absolute Gasteiger partial charge is 0.325 e. The molecule has 1 fully saturated rings. The fourth-order valence-corrected chi connectivity index (χ4v) is 3.73. The summed E-state index contributed by atoms with van der Waals surface area (Å²) in [7, 11) is 0. The third kappa shape index (κ3) is 4.05. The number of hydrogen-bond donors (Lipinski definition) is 1. The van der Waals surface area contributed by atoms with Gasteiger partial charge >= 0.3 is 6.03 Å². The molecule has 1 unspecified atom stereocenters. The van der Waals surface area contributed by atoms with Crippen molar-refractivity contribution in [3.05, 3.63) is 102 Å². The summed E-state index contributed by atoms with van der Waals surface area (Å²) in [5.41, 5.74) is 1.13. The molecule has 4 amide bonds. The number of urea groups is 1. The number of nitrogens with zero attached hydrogens (tertiary/aromatic N) is 2. The summed E-state index contributed by atoms with van der Waals surface area (Å²) in [5.74, 6) is -0.777. The van der Waals surface area contributed by atoms with Gasteiger partial charge in [-0.3, -0.25) is 14.5 Å². The van der Waals surface area contributed by atoms with Crippen LogP contribution in [0.5, 0.6) is 0 Å². The predicted octanol–water partition coefficient (Wildman–Crippen LogP) is 3.69. The van der Waals surface area contributed by atoms with E-state index in [9.17, 15) is 14.4 Å². The van der Waals surface area contributed by atoms with Crippen LogP contribution in [-0.2, 0) is 21.7 Å². The molecule has 0 aromatic heterocycles. The maximum Gasteiger partial charge on any atom is 0.325 e. The first-order valence-corrected chi connectivity index (χ1v) is 10.1. The van der Waals surface area contributed by atoms with Crippen LogP contribution in [0.4, 0.5) is 10.5 Å². The lowest BCUT2D eigenvalue weighted by molar-refractivity contribution is -0.134. The number of benzene rings is 3. The average molecular weight is 413 g/mol. The van der Waals surface area contributed by atoms with Crippen LogP contribution >= 0.6 is 0 Å². The van der Waals surface area contributed by atoms with Crippen LogP contribution in [0, 0.1) is 0 Å². The molecule has 0 aliphatic carbocycles. The highest BCUT2D eigenvalue weighted by Gasteiger charge is 2.49. The fraction of sp³-hybridized carbons (Fsp3) is 0.160. The minimum atomic E-state index is -1.20. The zero-order valence-corrected chi connectivity index (χ0v) is 17.2. The van der Waals surface area contributed by atoms with Gasteiger partial charge in [0, 0.05) is 5.69 Å². The Morgan fingerprint density at radius 2 is 1.42 bits per heavy atom. The standard InChI is InChI=1S/C25H23N3O3/c1-25(20-13-7-3-8-14-20)23(30)28(24(31)26-25)18-22(29)27(21-15-9-4-10-16-21)17-19-11-5-2-6-12-19/h2-16H,17-18H2,1H3,(H,26,31). The molecule has 4 rings (SSSR count). The van der Waals surface area contributed by atoms with Crippen LogP contribution in [0.2, 0.25) is 0 Å². The molecule has 3 aromatic carbocycles. The lowest BCUT2D eigenvalue weighted by Gasteiger charge is -2.26. The first kappa shape index (κ1) is 20.3. The van der Waals surface area contributed by atoms with E-state index in [-0.39, 0.29) is 12.5 Å². The fourth-order valence-electron chi connectivity index (χ4n) is 3.73. The summed E-state index contributed by atoms with van der Waals surface area (Å²) in [6.45, 7) is 1.66. The van der Waals surface area contributed by atoms with Crippen molar-refractivity contribution in [2.75, 3.05) is 11.4 Å². The van der Waals surface area contributed by atoms with Crippen molar-refractivity contribution in [3.63, 3.8) is 0 Å². The molecular formula is C25H23N3O3. The van der Waals surface area contributed by atoms with Crippen molar-refractivity contribution in [1.29, 1.82) is 0 Å². The van der Waals surface area contributed by atoms with Gasteiger partial charge in [0.1, 0.15) is 12.1 Å². The number of carbonyl (C=O) groups is 3. The summed E-state index contributed by atoms with van der Waals surface area (Å²) in [6, 6.07) is 27.3. The van der Waals surface area contributed by atoms with Crippen molar-refractivity contribution in [1.82, 2.24) is 10.2 Å². The molecule has 1 aliphatic rings. The van der Waals surface area contributed by atoms with Crippen molar-refractivity contribution < 1.29 is 14.4 Å². The maximum absolute atomic E-state index is 13.3. The van der Waals surface area contributed by atoms with Gasteiger partial charge in [0.05, 0.1) is 6.54 Å². The summed E-state index contributed by atoms with van der Waals surface area (Å²) < 4.78 is 0. The first-order chi connectivity index (χ1) is 15.0. The third-order valence-electron chi connectivity index (χ3n) is 5.47. The highest BCUT2D eigenvalue weighted by Crippen LogP contribution is 2.29. The minimum Gasteiger partial charge on any atom is -0.319 e. The highest BCUT2D eigenvalue weighted by atomic mass is 16.2. The normalized spacial score (nSPS) is 18.0. The van der Waals surface area contributed by atoms with Gasteiger partial charge in [-0.15, -0.1) is 0 Å². The van der Waals surface area contributed by atoms with Crippen LogP contribution in [0.3, 0.4) is 0 Å². The van der Waals surface area contributed by atoms with Gasteiger partial charge < -0.3 is 10.2 Å². The Labute approximate surface area is 181 Å². The molecule has 1 atom stereocenters. The maximum atomic E-state index is 13.3. The van der Waals surface area contributed by atoms with Gasteiger partial charge in [-0.2, -0.15) is 0 Å². The van der Waals surface area contributed by atoms with Crippen LogP contribution in [-0.4, -0.2) is 29.3 Å². The number of amides is 4. The van der Waals surface area contributed by atoms with Gasteiger partial charge in [-0.25, -0.2) is 4.79 Å². The van der Waals surface area contributed by atoms with Crippen molar-refractivity contribution in [3.8, 4) is 0 Å². The molecule has 156 valence electrons. The SMILES string of the molecule is CC1(c2ccccc2)NC(=O)N(CC(=O)N(Cc2ccccc2)c2ccccc2)C1=O. The molecule has 0 saturated carbocycles. The van der Waals surface area contributed by atoms with Gasteiger partial charge in [-0.05, 0) is 30.2 Å². The second-order valence-corrected chi connectivity index (χ2v) is 7.61. The summed E-state index contributed by atoms with van der Waals surface area (Å²) in [6.07, 6.45) is 0. The van der Waals surface area contributed by atoms with Crippen molar-refractivity contribution in [2.45, 2.75) is 19.0 Å². The Balaban J connectivity index is 1.58. The third-order valence-corrected chi connectivity index (χ3v) is 5.47. The zero-order valence-electron chi connectivity index (χ0n) is 17.2. The Kier molecular flexibility index (Phi) is 5.54. The van der Waals surface area contributed by atoms with E-state index in [0.717, 1.165) is 10.5 Å². The first-order valence-electron chi connectivity index (χ1n) is 10.1. The molecule has 0 spiro atoms. The molecule has 0 radical (unpaired) electrons. The molecule has 0 bridgehead atoms. The Hall–Kier alpha value is -3.93. The lowest BCUT2D eigenvalue weighted by Crippen LogP contribution is -2.44. The van der Waals surface area contributed by atoms with Crippen molar-refractivity contribution in [2.24, 2.45) is 0 Å². The Morgan fingerprint density at radius 3 is 2.03 bits per heavy atom. The molecule has 1 heterocycles. The molecule has 1 aliphatic heterocycles. The molecule has 1 N–H and O–H groups in total. The lowest BCUT2D eigenvalue weighted by atomic mass is 9.92. The molecular weight excluding hydrogens is 390 g/mol. The second-order valence-electron chi connectivity index (χ2n) is 7.61. The van der Waals surface area contributed by atoms with Crippen LogP contribution < -0.4 is 10.2 Å². The smallest absolute Gasteiger partial charge is 0.319 e. The number of anilines is 1. The number of para-hydroxylation sites is 1. The number of carbonyl (C=O) groups excluding carboxylic acids is 3. The molecule has 6 nitrogen and oxygen atoms in total. The van der Waals surface area contributed by atoms with E-state index in [1.807, 2.05) is 78.9 Å². The quantitative estimate of drug-likeness (QED) is 0.627. The molecule has 3 aromatic rings. The summed E-state index contributed by atoms with van der Waals surface area (Å²) >= 11 is 0. The molecule has 6 heteroatoms. The molecule has 1 saturated heterocycles. The minimum absolute atomic E-state index is 0.337. The zero-order chi connectivity index (χ0) is 21.8. The van der Waals surface area contributed by atoms with Gasteiger partial charge in [0.2, 0.25) is 5.91 Å². The van der Waals surface area contributed by atoms with E-state index < -0.39 is 17.5 Å². The number of imide groups is 1. The van der Waals surface area contributed by atoms with Gasteiger partial charge in [0.25, 0.3) is 5.91 Å². The summed E-state index contributed by atoms with van der Waals surface area (Å²) in [4.78, 5) is 41.7. The monoisotopic (exact) mass is 413 g/mol. The number of hydrogen-bond acceptors (Lipinski definition) is 3. The van der Waals surface area contributed by atoms with Gasteiger partial charge in [0.15, 0.2) is 0 Å². The van der Waals surface area contributed by atoms with Crippen LogP contribution in [0.15, 0.2) is 91.0 Å². The van der Waals surface area contributed by atoms with E-state index in [4.69, 9.17) is 0 Å². The predicted molar refractivity (Wildman–Crippen MR) is 118 cm³/mol. The molecule has 31 heavy (non-hydrogen) atoms.